The predicted molar refractivity (Wildman–Crippen MR) is 83.9 cm³/mol. The standard InChI is InChI=1S/C16H27NO6/c1-6-10(18)7-8-11(12(19)20)17-13(21)15(2,3)9-16(4,5)14(22)23/h11H,6-9H2,1-5H3,(H,17,21)(H,19,20)(H,22,23)/t11-/m0/s1. The second-order valence-corrected chi connectivity index (χ2v) is 7.04. The summed E-state index contributed by atoms with van der Waals surface area (Å²) < 4.78 is 0. The highest BCUT2D eigenvalue weighted by Crippen LogP contribution is 2.34. The van der Waals surface area contributed by atoms with E-state index in [1.807, 2.05) is 0 Å². The maximum Gasteiger partial charge on any atom is 0.326 e. The molecule has 0 aromatic heterocycles. The Bertz CT molecular complexity index is 481. The molecular formula is C16H27NO6. The van der Waals surface area contributed by atoms with Crippen LogP contribution in [0.15, 0.2) is 0 Å². The molecule has 0 rings (SSSR count). The number of carboxylic acid groups (broad SMARTS) is 2. The lowest BCUT2D eigenvalue weighted by Crippen LogP contribution is -2.48. The van der Waals surface area contributed by atoms with E-state index in [1.54, 1.807) is 20.8 Å². The predicted octanol–water partition coefficient (Wildman–Crippen LogP) is 1.84. The summed E-state index contributed by atoms with van der Waals surface area (Å²) in [6.45, 7) is 7.86. The lowest BCUT2D eigenvalue weighted by Gasteiger charge is -2.32. The van der Waals surface area contributed by atoms with Gasteiger partial charge in [0.25, 0.3) is 0 Å². The number of Topliss-reactive ketones (excluding diaryl/α,β-unsaturated/α-hetero) is 1. The zero-order valence-electron chi connectivity index (χ0n) is 14.4. The zero-order chi connectivity index (χ0) is 18.4. The van der Waals surface area contributed by atoms with E-state index in [-0.39, 0.29) is 25.0 Å². The Labute approximate surface area is 136 Å². The molecule has 1 amide bonds. The zero-order valence-corrected chi connectivity index (χ0v) is 14.4. The monoisotopic (exact) mass is 329 g/mol. The van der Waals surface area contributed by atoms with Gasteiger partial charge >= 0.3 is 11.9 Å². The molecule has 1 atom stereocenters. The van der Waals surface area contributed by atoms with E-state index in [4.69, 9.17) is 5.11 Å². The molecule has 0 saturated carbocycles. The van der Waals surface area contributed by atoms with Gasteiger partial charge in [0.1, 0.15) is 11.8 Å². The van der Waals surface area contributed by atoms with Crippen LogP contribution in [-0.2, 0) is 19.2 Å². The van der Waals surface area contributed by atoms with Gasteiger partial charge in [0.2, 0.25) is 5.91 Å². The molecule has 0 aromatic rings. The molecule has 0 aliphatic heterocycles. The van der Waals surface area contributed by atoms with Crippen molar-refractivity contribution in [2.24, 2.45) is 10.8 Å². The Morgan fingerprint density at radius 3 is 1.91 bits per heavy atom. The van der Waals surface area contributed by atoms with Gasteiger partial charge in [-0.25, -0.2) is 4.79 Å². The maximum absolute atomic E-state index is 12.3. The number of carbonyl (C=O) groups is 4. The summed E-state index contributed by atoms with van der Waals surface area (Å²) in [4.78, 5) is 46.1. The van der Waals surface area contributed by atoms with Gasteiger partial charge in [-0.2, -0.15) is 0 Å². The first-order valence-corrected chi connectivity index (χ1v) is 7.62. The minimum Gasteiger partial charge on any atom is -0.481 e. The summed E-state index contributed by atoms with van der Waals surface area (Å²) >= 11 is 0. The summed E-state index contributed by atoms with van der Waals surface area (Å²) in [6.07, 6.45) is 0.473. The Morgan fingerprint density at radius 1 is 1.00 bits per heavy atom. The van der Waals surface area contributed by atoms with Crippen molar-refractivity contribution in [1.29, 1.82) is 0 Å². The van der Waals surface area contributed by atoms with Crippen LogP contribution in [0.4, 0.5) is 0 Å². The van der Waals surface area contributed by atoms with E-state index in [0.29, 0.717) is 6.42 Å². The van der Waals surface area contributed by atoms with Crippen molar-refractivity contribution < 1.29 is 29.4 Å². The van der Waals surface area contributed by atoms with E-state index in [9.17, 15) is 24.3 Å². The number of aliphatic carboxylic acids is 2. The van der Waals surface area contributed by atoms with Gasteiger partial charge in [0.05, 0.1) is 5.41 Å². The van der Waals surface area contributed by atoms with Crippen LogP contribution in [0, 0.1) is 10.8 Å². The molecule has 0 radical (unpaired) electrons. The van der Waals surface area contributed by atoms with Crippen molar-refractivity contribution in [2.45, 2.75) is 66.3 Å². The fourth-order valence-electron chi connectivity index (χ4n) is 2.35. The molecule has 0 heterocycles. The minimum absolute atomic E-state index is 0.0200. The number of nitrogens with one attached hydrogen (secondary N) is 1. The van der Waals surface area contributed by atoms with Gasteiger partial charge in [-0.05, 0) is 26.7 Å². The molecule has 0 fully saturated rings. The summed E-state index contributed by atoms with van der Waals surface area (Å²) in [5.74, 6) is -2.85. The minimum atomic E-state index is -1.21. The lowest BCUT2D eigenvalue weighted by atomic mass is 9.74. The van der Waals surface area contributed by atoms with Crippen LogP contribution in [0.1, 0.15) is 60.3 Å². The highest BCUT2D eigenvalue weighted by Gasteiger charge is 2.40. The molecule has 23 heavy (non-hydrogen) atoms. The number of amides is 1. The van der Waals surface area contributed by atoms with Crippen LogP contribution in [0.5, 0.6) is 0 Å². The number of ketones is 1. The average molecular weight is 329 g/mol. The van der Waals surface area contributed by atoms with Crippen molar-refractivity contribution >= 4 is 23.6 Å². The van der Waals surface area contributed by atoms with Crippen LogP contribution < -0.4 is 5.32 Å². The molecule has 0 aliphatic carbocycles. The molecule has 0 saturated heterocycles. The molecule has 132 valence electrons. The first kappa shape index (κ1) is 21.1. The fourth-order valence-corrected chi connectivity index (χ4v) is 2.35. The largest absolute Gasteiger partial charge is 0.481 e. The van der Waals surface area contributed by atoms with E-state index in [1.165, 1.54) is 13.8 Å². The first-order valence-electron chi connectivity index (χ1n) is 7.62. The number of rotatable bonds is 10. The topological polar surface area (TPSA) is 121 Å². The molecule has 7 heteroatoms. The molecule has 0 unspecified atom stereocenters. The Kier molecular flexibility index (Phi) is 7.40. The molecule has 7 nitrogen and oxygen atoms in total. The molecule has 0 spiro atoms. The second-order valence-electron chi connectivity index (χ2n) is 7.04. The van der Waals surface area contributed by atoms with Crippen molar-refractivity contribution in [3.8, 4) is 0 Å². The number of hydrogen-bond donors (Lipinski definition) is 3. The third-order valence-electron chi connectivity index (χ3n) is 3.79. The van der Waals surface area contributed by atoms with Gasteiger partial charge in [-0.3, -0.25) is 14.4 Å². The average Bonchev–Trinajstić information content (AvgIpc) is 2.40. The normalized spacial score (nSPS) is 13.3. The highest BCUT2D eigenvalue weighted by molar-refractivity contribution is 5.88. The van der Waals surface area contributed by atoms with Gasteiger partial charge in [-0.15, -0.1) is 0 Å². The number of hydrogen-bond acceptors (Lipinski definition) is 4. The van der Waals surface area contributed by atoms with E-state index in [2.05, 4.69) is 5.32 Å². The smallest absolute Gasteiger partial charge is 0.326 e. The van der Waals surface area contributed by atoms with Gasteiger partial charge in [-0.1, -0.05) is 20.8 Å². The van der Waals surface area contributed by atoms with E-state index >= 15 is 0 Å². The van der Waals surface area contributed by atoms with Crippen LogP contribution in [0.2, 0.25) is 0 Å². The third kappa shape index (κ3) is 6.80. The van der Waals surface area contributed by atoms with Crippen LogP contribution >= 0.6 is 0 Å². The maximum atomic E-state index is 12.3. The molecule has 0 aliphatic rings. The van der Waals surface area contributed by atoms with Crippen molar-refractivity contribution in [2.75, 3.05) is 0 Å². The quantitative estimate of drug-likeness (QED) is 0.562. The molecular weight excluding hydrogens is 302 g/mol. The highest BCUT2D eigenvalue weighted by atomic mass is 16.4. The van der Waals surface area contributed by atoms with Crippen molar-refractivity contribution in [1.82, 2.24) is 5.32 Å². The summed E-state index contributed by atoms with van der Waals surface area (Å²) in [5, 5.41) is 20.8. The molecule has 3 N–H and O–H groups in total. The molecule has 0 aromatic carbocycles. The number of carbonyl (C=O) groups excluding carboxylic acids is 2. The third-order valence-corrected chi connectivity index (χ3v) is 3.79. The van der Waals surface area contributed by atoms with Crippen LogP contribution in [0.25, 0.3) is 0 Å². The lowest BCUT2D eigenvalue weighted by molar-refractivity contribution is -0.151. The SMILES string of the molecule is CCC(=O)CC[C@H](NC(=O)C(C)(C)CC(C)(C)C(=O)O)C(=O)O. The number of carboxylic acids is 2. The second kappa shape index (κ2) is 8.08. The van der Waals surface area contributed by atoms with Gasteiger partial charge < -0.3 is 15.5 Å². The summed E-state index contributed by atoms with van der Waals surface area (Å²) in [6, 6.07) is -1.16. The van der Waals surface area contributed by atoms with Crippen LogP contribution in [0.3, 0.4) is 0 Å². The molecule has 0 bridgehead atoms. The Hall–Kier alpha value is -1.92. The van der Waals surface area contributed by atoms with Gasteiger partial charge in [0, 0.05) is 18.3 Å². The van der Waals surface area contributed by atoms with Gasteiger partial charge in [0.15, 0.2) is 0 Å². The first-order chi connectivity index (χ1) is 10.3. The van der Waals surface area contributed by atoms with E-state index < -0.39 is 34.7 Å². The summed E-state index contributed by atoms with van der Waals surface area (Å²) in [5.41, 5.74) is -2.16. The fraction of sp³-hybridized carbons (Fsp3) is 0.750. The van der Waals surface area contributed by atoms with Crippen molar-refractivity contribution in [3.05, 3.63) is 0 Å². The summed E-state index contributed by atoms with van der Waals surface area (Å²) in [7, 11) is 0. The Balaban J connectivity index is 4.93. The van der Waals surface area contributed by atoms with Crippen LogP contribution in [-0.4, -0.2) is 39.9 Å². The Morgan fingerprint density at radius 2 is 1.52 bits per heavy atom. The van der Waals surface area contributed by atoms with E-state index in [0.717, 1.165) is 0 Å². The van der Waals surface area contributed by atoms with Crippen molar-refractivity contribution in [3.63, 3.8) is 0 Å².